The minimum atomic E-state index is -0.584. The number of aromatic nitrogens is 4. The second kappa shape index (κ2) is 4.77. The molecule has 0 aliphatic heterocycles. The number of nitrogens with zero attached hydrogens (tertiary/aromatic N) is 4. The smallest absolute Gasteiger partial charge is 0.222 e. The second-order valence-corrected chi connectivity index (χ2v) is 3.60. The Balaban J connectivity index is 1.99. The van der Waals surface area contributed by atoms with Crippen LogP contribution in [0.3, 0.4) is 0 Å². The van der Waals surface area contributed by atoms with Gasteiger partial charge in [0.25, 0.3) is 0 Å². The molecular weight excluding hydrogens is 223 g/mol. The highest BCUT2D eigenvalue weighted by molar-refractivity contribution is 5.37. The number of nitrogens with two attached hydrogens (primary N) is 2. The third kappa shape index (κ3) is 2.68. The van der Waals surface area contributed by atoms with Gasteiger partial charge in [0.05, 0.1) is 5.69 Å². The summed E-state index contributed by atoms with van der Waals surface area (Å²) in [5, 5.41) is 4.05. The van der Waals surface area contributed by atoms with Crippen molar-refractivity contribution in [1.82, 2.24) is 19.7 Å². The summed E-state index contributed by atoms with van der Waals surface area (Å²) in [6.45, 7) is 0.691. The molecule has 17 heavy (non-hydrogen) atoms. The molecule has 0 radical (unpaired) electrons. The van der Waals surface area contributed by atoms with Crippen LogP contribution in [0.5, 0.6) is 0 Å². The van der Waals surface area contributed by atoms with Crippen molar-refractivity contribution in [3.63, 3.8) is 0 Å². The van der Waals surface area contributed by atoms with E-state index < -0.39 is 5.82 Å². The normalized spacial score (nSPS) is 10.6. The number of rotatable bonds is 4. The minimum Gasteiger partial charge on any atom is -0.381 e. The third-order valence-corrected chi connectivity index (χ3v) is 2.32. The van der Waals surface area contributed by atoms with Crippen LogP contribution in [-0.4, -0.2) is 19.7 Å². The van der Waals surface area contributed by atoms with Crippen molar-refractivity contribution in [1.29, 1.82) is 0 Å². The molecule has 7 heteroatoms. The highest BCUT2D eigenvalue weighted by Crippen LogP contribution is 2.14. The molecule has 0 aliphatic carbocycles. The van der Waals surface area contributed by atoms with Crippen LogP contribution < -0.4 is 11.5 Å². The Morgan fingerprint density at radius 3 is 2.82 bits per heavy atom. The summed E-state index contributed by atoms with van der Waals surface area (Å²) in [5.41, 5.74) is 11.0. The molecule has 6 nitrogen and oxygen atoms in total. The molecule has 90 valence electrons. The highest BCUT2D eigenvalue weighted by Gasteiger charge is 2.10. The van der Waals surface area contributed by atoms with Gasteiger partial charge in [-0.25, -0.2) is 9.37 Å². The van der Waals surface area contributed by atoms with E-state index in [1.165, 1.54) is 0 Å². The molecule has 0 aliphatic rings. The van der Waals surface area contributed by atoms with E-state index in [0.717, 1.165) is 0 Å². The van der Waals surface area contributed by atoms with E-state index >= 15 is 0 Å². The zero-order valence-corrected chi connectivity index (χ0v) is 9.17. The molecule has 0 atom stereocenters. The summed E-state index contributed by atoms with van der Waals surface area (Å²) in [7, 11) is 0. The molecule has 2 aromatic rings. The van der Waals surface area contributed by atoms with Gasteiger partial charge in [-0.1, -0.05) is 0 Å². The van der Waals surface area contributed by atoms with Gasteiger partial charge >= 0.3 is 0 Å². The number of hydrogen-bond donors (Lipinski definition) is 2. The Kier molecular flexibility index (Phi) is 3.17. The van der Waals surface area contributed by atoms with Crippen molar-refractivity contribution in [2.24, 2.45) is 0 Å². The van der Waals surface area contributed by atoms with Crippen LogP contribution in [0.4, 0.5) is 16.2 Å². The lowest BCUT2D eigenvalue weighted by atomic mass is 10.2. The van der Waals surface area contributed by atoms with E-state index in [0.29, 0.717) is 19.4 Å². The topological polar surface area (TPSA) is 95.6 Å². The van der Waals surface area contributed by atoms with Crippen molar-refractivity contribution in [2.75, 3.05) is 11.5 Å². The maximum atomic E-state index is 13.5. The predicted octanol–water partition coefficient (Wildman–Crippen LogP) is 0.609. The Morgan fingerprint density at radius 1 is 1.29 bits per heavy atom. The van der Waals surface area contributed by atoms with Crippen molar-refractivity contribution < 1.29 is 4.39 Å². The van der Waals surface area contributed by atoms with Gasteiger partial charge in [-0.2, -0.15) is 10.1 Å². The van der Waals surface area contributed by atoms with E-state index in [1.807, 2.05) is 12.3 Å². The molecule has 0 fully saturated rings. The molecule has 4 N–H and O–H groups in total. The maximum absolute atomic E-state index is 13.5. The Hall–Kier alpha value is -2.18. The molecule has 2 rings (SSSR count). The van der Waals surface area contributed by atoms with Crippen LogP contribution in [0.15, 0.2) is 18.5 Å². The van der Waals surface area contributed by atoms with E-state index in [2.05, 4.69) is 15.1 Å². The summed E-state index contributed by atoms with van der Waals surface area (Å²) in [5.74, 6) is -0.788. The van der Waals surface area contributed by atoms with Gasteiger partial charge in [-0.15, -0.1) is 0 Å². The Labute approximate surface area is 97.5 Å². The van der Waals surface area contributed by atoms with Crippen LogP contribution in [0.1, 0.15) is 12.1 Å². The van der Waals surface area contributed by atoms with Gasteiger partial charge < -0.3 is 11.5 Å². The molecule has 0 saturated heterocycles. The molecule has 0 amide bonds. The van der Waals surface area contributed by atoms with E-state index in [1.54, 1.807) is 10.9 Å². The molecular formula is C10H13FN6. The summed E-state index contributed by atoms with van der Waals surface area (Å²) < 4.78 is 15.3. The van der Waals surface area contributed by atoms with Gasteiger partial charge in [0.2, 0.25) is 5.95 Å². The predicted molar refractivity (Wildman–Crippen MR) is 61.4 cm³/mol. The fraction of sp³-hybridized carbons (Fsp3) is 0.300. The number of hydrogen-bond acceptors (Lipinski definition) is 5. The lowest BCUT2D eigenvalue weighted by Gasteiger charge is -2.05. The number of anilines is 2. The summed E-state index contributed by atoms with van der Waals surface area (Å²) in [6.07, 6.45) is 4.69. The largest absolute Gasteiger partial charge is 0.381 e. The number of halogens is 1. The SMILES string of the molecule is Nc1nc(N)c(F)c(CCCn2cccn2)n1. The molecule has 2 heterocycles. The summed E-state index contributed by atoms with van der Waals surface area (Å²) >= 11 is 0. The van der Waals surface area contributed by atoms with Gasteiger partial charge in [-0.05, 0) is 18.9 Å². The van der Waals surface area contributed by atoms with Crippen LogP contribution >= 0.6 is 0 Å². The highest BCUT2D eigenvalue weighted by atomic mass is 19.1. The maximum Gasteiger partial charge on any atom is 0.222 e. The first kappa shape index (κ1) is 11.3. The van der Waals surface area contributed by atoms with Crippen LogP contribution in [0.25, 0.3) is 0 Å². The summed E-state index contributed by atoms with van der Waals surface area (Å²) in [4.78, 5) is 7.38. The average Bonchev–Trinajstić information content (AvgIpc) is 2.78. The Morgan fingerprint density at radius 2 is 2.12 bits per heavy atom. The average molecular weight is 236 g/mol. The first-order valence-corrected chi connectivity index (χ1v) is 5.21. The lowest BCUT2D eigenvalue weighted by molar-refractivity contribution is 0.550. The summed E-state index contributed by atoms with van der Waals surface area (Å²) in [6, 6.07) is 1.83. The van der Waals surface area contributed by atoms with Crippen LogP contribution in [0.2, 0.25) is 0 Å². The second-order valence-electron chi connectivity index (χ2n) is 3.60. The minimum absolute atomic E-state index is 0.00186. The molecule has 0 spiro atoms. The first-order valence-electron chi connectivity index (χ1n) is 5.21. The molecule has 0 bridgehead atoms. The van der Waals surface area contributed by atoms with Gasteiger partial charge in [0, 0.05) is 18.9 Å². The van der Waals surface area contributed by atoms with Crippen molar-refractivity contribution in [3.05, 3.63) is 30.0 Å². The molecule has 0 saturated carbocycles. The number of aryl methyl sites for hydroxylation is 2. The Bertz CT molecular complexity index is 496. The molecule has 0 unspecified atom stereocenters. The molecule has 2 aromatic heterocycles. The van der Waals surface area contributed by atoms with Crippen molar-refractivity contribution >= 4 is 11.8 Å². The van der Waals surface area contributed by atoms with E-state index in [4.69, 9.17) is 11.5 Å². The third-order valence-electron chi connectivity index (χ3n) is 2.32. The van der Waals surface area contributed by atoms with Crippen molar-refractivity contribution in [3.8, 4) is 0 Å². The van der Waals surface area contributed by atoms with E-state index in [-0.39, 0.29) is 17.5 Å². The monoisotopic (exact) mass is 236 g/mol. The first-order chi connectivity index (χ1) is 8.16. The standard InChI is InChI=1S/C10H13FN6/c11-8-7(15-10(13)16-9(8)12)3-1-5-17-6-2-4-14-17/h2,4,6H,1,3,5H2,(H4,12,13,15,16). The van der Waals surface area contributed by atoms with Gasteiger partial charge in [-0.3, -0.25) is 4.68 Å². The van der Waals surface area contributed by atoms with Gasteiger partial charge in [0.1, 0.15) is 0 Å². The number of nitrogen functional groups attached to an aromatic ring is 2. The fourth-order valence-electron chi connectivity index (χ4n) is 1.54. The molecule has 0 aromatic carbocycles. The van der Waals surface area contributed by atoms with E-state index in [9.17, 15) is 4.39 Å². The van der Waals surface area contributed by atoms with Crippen LogP contribution in [-0.2, 0) is 13.0 Å². The lowest BCUT2D eigenvalue weighted by Crippen LogP contribution is -2.09. The zero-order chi connectivity index (χ0) is 12.3. The van der Waals surface area contributed by atoms with Crippen molar-refractivity contribution in [2.45, 2.75) is 19.4 Å². The van der Waals surface area contributed by atoms with Gasteiger partial charge in [0.15, 0.2) is 11.6 Å². The van der Waals surface area contributed by atoms with Crippen LogP contribution in [0, 0.1) is 5.82 Å². The fourth-order valence-corrected chi connectivity index (χ4v) is 1.54. The zero-order valence-electron chi connectivity index (χ0n) is 9.17. The quantitative estimate of drug-likeness (QED) is 0.810.